The fourth-order valence-corrected chi connectivity index (χ4v) is 3.21. The lowest BCUT2D eigenvalue weighted by Crippen LogP contribution is -1.99. The van der Waals surface area contributed by atoms with E-state index in [0.29, 0.717) is 5.58 Å². The van der Waals surface area contributed by atoms with Crippen LogP contribution in [0.2, 0.25) is 0 Å². The highest BCUT2D eigenvalue weighted by Gasteiger charge is 2.16. The lowest BCUT2D eigenvalue weighted by Gasteiger charge is -2.04. The SMILES string of the molecule is Cc1cc(=O)oc2c(C)c3oc(CI)c(C)c3cc12. The monoisotopic (exact) mass is 368 g/mol. The average Bonchev–Trinajstić information content (AvgIpc) is 2.69. The molecule has 0 amide bonds. The van der Waals surface area contributed by atoms with Gasteiger partial charge in [-0.15, -0.1) is 0 Å². The van der Waals surface area contributed by atoms with Gasteiger partial charge >= 0.3 is 5.63 Å². The highest BCUT2D eigenvalue weighted by molar-refractivity contribution is 14.1. The molecule has 1 aromatic carbocycles. The summed E-state index contributed by atoms with van der Waals surface area (Å²) in [6, 6.07) is 3.59. The van der Waals surface area contributed by atoms with E-state index in [-0.39, 0.29) is 5.63 Å². The third kappa shape index (κ3) is 1.81. The summed E-state index contributed by atoms with van der Waals surface area (Å²) in [5, 5.41) is 2.09. The van der Waals surface area contributed by atoms with Crippen molar-refractivity contribution in [2.24, 2.45) is 0 Å². The molecule has 2 heterocycles. The molecule has 0 aliphatic carbocycles. The van der Waals surface area contributed by atoms with E-state index in [2.05, 4.69) is 35.6 Å². The first-order valence-electron chi connectivity index (χ1n) is 6.05. The number of hydrogen-bond acceptors (Lipinski definition) is 3. The zero-order valence-corrected chi connectivity index (χ0v) is 13.1. The normalized spacial score (nSPS) is 11.6. The molecule has 0 saturated heterocycles. The van der Waals surface area contributed by atoms with E-state index in [1.165, 1.54) is 11.6 Å². The highest BCUT2D eigenvalue weighted by atomic mass is 127. The maximum Gasteiger partial charge on any atom is 0.336 e. The molecule has 4 heteroatoms. The summed E-state index contributed by atoms with van der Waals surface area (Å²) in [5.41, 5.74) is 4.14. The first kappa shape index (κ1) is 12.7. The Balaban J connectivity index is 2.58. The van der Waals surface area contributed by atoms with Gasteiger partial charge in [0.05, 0.1) is 4.43 Å². The molecule has 0 aliphatic heterocycles. The number of benzene rings is 1. The number of rotatable bonds is 1. The molecule has 0 radical (unpaired) electrons. The first-order valence-corrected chi connectivity index (χ1v) is 7.57. The predicted molar refractivity (Wildman–Crippen MR) is 84.2 cm³/mol. The van der Waals surface area contributed by atoms with Crippen molar-refractivity contribution in [1.29, 1.82) is 0 Å². The molecular weight excluding hydrogens is 355 g/mol. The van der Waals surface area contributed by atoms with Crippen LogP contribution in [0, 0.1) is 20.8 Å². The molecule has 0 atom stereocenters. The van der Waals surface area contributed by atoms with Gasteiger partial charge in [0.25, 0.3) is 0 Å². The van der Waals surface area contributed by atoms with Crippen molar-refractivity contribution < 1.29 is 8.83 Å². The average molecular weight is 368 g/mol. The van der Waals surface area contributed by atoms with Crippen molar-refractivity contribution in [3.8, 4) is 0 Å². The van der Waals surface area contributed by atoms with Gasteiger partial charge in [0.2, 0.25) is 0 Å². The molecule has 2 aromatic heterocycles. The van der Waals surface area contributed by atoms with Crippen molar-refractivity contribution in [2.45, 2.75) is 25.2 Å². The van der Waals surface area contributed by atoms with Crippen LogP contribution in [0.4, 0.5) is 0 Å². The number of aryl methyl sites for hydroxylation is 3. The van der Waals surface area contributed by atoms with Crippen LogP contribution in [0.3, 0.4) is 0 Å². The van der Waals surface area contributed by atoms with Gasteiger partial charge in [0.15, 0.2) is 0 Å². The molecular formula is C15H13IO3. The second-order valence-electron chi connectivity index (χ2n) is 4.79. The third-order valence-corrected chi connectivity index (χ3v) is 4.28. The Hall–Kier alpha value is -1.30. The molecule has 3 aromatic rings. The number of halogens is 1. The van der Waals surface area contributed by atoms with Crippen LogP contribution in [0.5, 0.6) is 0 Å². The minimum absolute atomic E-state index is 0.315. The van der Waals surface area contributed by atoms with E-state index in [1.807, 2.05) is 13.8 Å². The minimum Gasteiger partial charge on any atom is -0.460 e. The smallest absolute Gasteiger partial charge is 0.336 e. The van der Waals surface area contributed by atoms with Crippen molar-refractivity contribution in [3.63, 3.8) is 0 Å². The van der Waals surface area contributed by atoms with Gasteiger partial charge in [-0.1, -0.05) is 22.6 Å². The molecule has 0 fully saturated rings. The Kier molecular flexibility index (Phi) is 2.92. The standard InChI is InChI=1S/C15H13IO3/c1-7-4-13(17)19-14-9(3)15-11(5-10(7)14)8(2)12(6-16)18-15/h4-5H,6H2,1-3H3. The molecule has 3 rings (SSSR count). The summed E-state index contributed by atoms with van der Waals surface area (Å²) >= 11 is 2.29. The van der Waals surface area contributed by atoms with Crippen molar-refractivity contribution in [1.82, 2.24) is 0 Å². The van der Waals surface area contributed by atoms with Crippen molar-refractivity contribution in [2.75, 3.05) is 0 Å². The number of hydrogen-bond donors (Lipinski definition) is 0. The second kappa shape index (κ2) is 4.37. The minimum atomic E-state index is -0.315. The first-order chi connectivity index (χ1) is 9.02. The van der Waals surface area contributed by atoms with Crippen LogP contribution in [0.1, 0.15) is 22.5 Å². The van der Waals surface area contributed by atoms with Gasteiger partial charge in [-0.25, -0.2) is 4.79 Å². The molecule has 0 bridgehead atoms. The largest absolute Gasteiger partial charge is 0.460 e. The number of alkyl halides is 1. The van der Waals surface area contributed by atoms with Crippen LogP contribution in [0.25, 0.3) is 21.9 Å². The summed E-state index contributed by atoms with van der Waals surface area (Å²) < 4.78 is 12.1. The maximum absolute atomic E-state index is 11.5. The van der Waals surface area contributed by atoms with Crippen LogP contribution in [-0.4, -0.2) is 0 Å². The molecule has 98 valence electrons. The lowest BCUT2D eigenvalue weighted by atomic mass is 10.0. The van der Waals surface area contributed by atoms with E-state index in [0.717, 1.165) is 37.7 Å². The topological polar surface area (TPSA) is 43.4 Å². The van der Waals surface area contributed by atoms with E-state index < -0.39 is 0 Å². The van der Waals surface area contributed by atoms with Gasteiger partial charge in [0, 0.05) is 22.4 Å². The maximum atomic E-state index is 11.5. The summed E-state index contributed by atoms with van der Waals surface area (Å²) in [6.45, 7) is 5.94. The van der Waals surface area contributed by atoms with E-state index in [4.69, 9.17) is 8.83 Å². The van der Waals surface area contributed by atoms with Crippen LogP contribution >= 0.6 is 22.6 Å². The Morgan fingerprint density at radius 2 is 1.68 bits per heavy atom. The Labute approximate surface area is 123 Å². The molecule has 0 saturated carbocycles. The summed E-state index contributed by atoms with van der Waals surface area (Å²) in [7, 11) is 0. The highest BCUT2D eigenvalue weighted by Crippen LogP contribution is 2.34. The Morgan fingerprint density at radius 3 is 2.37 bits per heavy atom. The van der Waals surface area contributed by atoms with Gasteiger partial charge in [-0.05, 0) is 38.0 Å². The van der Waals surface area contributed by atoms with Gasteiger partial charge in [-0.2, -0.15) is 0 Å². The van der Waals surface area contributed by atoms with Crippen molar-refractivity contribution in [3.05, 3.63) is 45.0 Å². The summed E-state index contributed by atoms with van der Waals surface area (Å²) in [6.07, 6.45) is 0. The molecule has 19 heavy (non-hydrogen) atoms. The number of furan rings is 1. The second-order valence-corrected chi connectivity index (χ2v) is 5.55. The van der Waals surface area contributed by atoms with Crippen LogP contribution in [0.15, 0.2) is 25.8 Å². The van der Waals surface area contributed by atoms with Crippen molar-refractivity contribution >= 4 is 44.5 Å². The fourth-order valence-electron chi connectivity index (χ4n) is 2.48. The summed E-state index contributed by atoms with van der Waals surface area (Å²) in [4.78, 5) is 11.5. The summed E-state index contributed by atoms with van der Waals surface area (Å²) in [5.74, 6) is 0.981. The number of fused-ring (bicyclic) bond motifs is 2. The quantitative estimate of drug-likeness (QED) is 0.363. The van der Waals surface area contributed by atoms with E-state index in [9.17, 15) is 4.79 Å². The molecule has 0 aliphatic rings. The van der Waals surface area contributed by atoms with Crippen LogP contribution < -0.4 is 5.63 Å². The Bertz CT molecular complexity index is 855. The lowest BCUT2D eigenvalue weighted by molar-refractivity contribution is 0.550. The molecule has 0 unspecified atom stereocenters. The van der Waals surface area contributed by atoms with E-state index in [1.54, 1.807) is 0 Å². The van der Waals surface area contributed by atoms with Gasteiger partial charge < -0.3 is 8.83 Å². The predicted octanol–water partition coefficient (Wildman–Crippen LogP) is 4.40. The zero-order chi connectivity index (χ0) is 13.7. The molecule has 0 N–H and O–H groups in total. The zero-order valence-electron chi connectivity index (χ0n) is 11.0. The third-order valence-electron chi connectivity index (χ3n) is 3.59. The molecule has 3 nitrogen and oxygen atoms in total. The van der Waals surface area contributed by atoms with Gasteiger partial charge in [0.1, 0.15) is 16.9 Å². The fraction of sp³-hybridized carbons (Fsp3) is 0.267. The van der Waals surface area contributed by atoms with Gasteiger partial charge in [-0.3, -0.25) is 0 Å². The van der Waals surface area contributed by atoms with E-state index >= 15 is 0 Å². The molecule has 0 spiro atoms. The van der Waals surface area contributed by atoms with Crippen LogP contribution in [-0.2, 0) is 4.43 Å². The Morgan fingerprint density at radius 1 is 1.00 bits per heavy atom.